The summed E-state index contributed by atoms with van der Waals surface area (Å²) in [5.74, 6) is 0. The SMILES string of the molecule is Cc1cc(Cl)c(N)cc1S(=O)(=O)N(C)Cc1sccc1C. The number of thiophene rings is 1. The molecule has 2 rings (SSSR count). The van der Waals surface area contributed by atoms with Crippen molar-refractivity contribution >= 4 is 38.6 Å². The molecule has 0 atom stereocenters. The lowest BCUT2D eigenvalue weighted by atomic mass is 10.2. The molecule has 114 valence electrons. The number of nitrogens with zero attached hydrogens (tertiary/aromatic N) is 1. The Labute approximate surface area is 134 Å². The lowest BCUT2D eigenvalue weighted by Crippen LogP contribution is -2.27. The van der Waals surface area contributed by atoms with Crippen molar-refractivity contribution in [2.45, 2.75) is 25.3 Å². The van der Waals surface area contributed by atoms with Gasteiger partial charge in [0.2, 0.25) is 10.0 Å². The van der Waals surface area contributed by atoms with Gasteiger partial charge < -0.3 is 5.73 Å². The van der Waals surface area contributed by atoms with Gasteiger partial charge in [0.05, 0.1) is 15.6 Å². The smallest absolute Gasteiger partial charge is 0.243 e. The molecule has 0 fully saturated rings. The largest absolute Gasteiger partial charge is 0.397 e. The van der Waals surface area contributed by atoms with E-state index in [9.17, 15) is 8.42 Å². The number of nitrogen functional groups attached to an aromatic ring is 1. The van der Waals surface area contributed by atoms with E-state index in [-0.39, 0.29) is 10.6 Å². The summed E-state index contributed by atoms with van der Waals surface area (Å²) in [5, 5.41) is 2.32. The van der Waals surface area contributed by atoms with E-state index in [1.54, 1.807) is 31.4 Å². The molecule has 0 amide bonds. The van der Waals surface area contributed by atoms with Gasteiger partial charge in [-0.15, -0.1) is 11.3 Å². The molecule has 0 saturated carbocycles. The highest BCUT2D eigenvalue weighted by atomic mass is 35.5. The Balaban J connectivity index is 2.38. The molecule has 1 heterocycles. The minimum Gasteiger partial charge on any atom is -0.397 e. The van der Waals surface area contributed by atoms with E-state index >= 15 is 0 Å². The van der Waals surface area contributed by atoms with Crippen LogP contribution in [0.2, 0.25) is 5.02 Å². The van der Waals surface area contributed by atoms with Crippen LogP contribution in [0.1, 0.15) is 16.0 Å². The highest BCUT2D eigenvalue weighted by Gasteiger charge is 2.24. The van der Waals surface area contributed by atoms with Crippen LogP contribution in [0.25, 0.3) is 0 Å². The number of hydrogen-bond donors (Lipinski definition) is 1. The Bertz CT molecular complexity index is 769. The van der Waals surface area contributed by atoms with E-state index in [2.05, 4.69) is 0 Å². The predicted octanol–water partition coefficient (Wildman–Crippen LogP) is 3.42. The van der Waals surface area contributed by atoms with Crippen LogP contribution in [0.15, 0.2) is 28.5 Å². The third-order valence-electron chi connectivity index (χ3n) is 3.32. The highest BCUT2D eigenvalue weighted by Crippen LogP contribution is 2.29. The molecule has 2 N–H and O–H groups in total. The van der Waals surface area contributed by atoms with E-state index in [0.29, 0.717) is 17.1 Å². The first-order chi connectivity index (χ1) is 9.73. The Morgan fingerprint density at radius 3 is 2.52 bits per heavy atom. The second-order valence-electron chi connectivity index (χ2n) is 4.93. The van der Waals surface area contributed by atoms with Crippen molar-refractivity contribution in [1.82, 2.24) is 4.31 Å². The van der Waals surface area contributed by atoms with Crippen molar-refractivity contribution in [3.8, 4) is 0 Å². The molecule has 2 aromatic rings. The van der Waals surface area contributed by atoms with E-state index < -0.39 is 10.0 Å². The second-order valence-corrected chi connectivity index (χ2v) is 8.35. The van der Waals surface area contributed by atoms with E-state index in [0.717, 1.165) is 10.4 Å². The Kier molecular flexibility index (Phi) is 4.63. The van der Waals surface area contributed by atoms with Gasteiger partial charge >= 0.3 is 0 Å². The van der Waals surface area contributed by atoms with Gasteiger partial charge in [-0.05, 0) is 48.6 Å². The van der Waals surface area contributed by atoms with Crippen LogP contribution in [0, 0.1) is 13.8 Å². The molecule has 7 heteroatoms. The summed E-state index contributed by atoms with van der Waals surface area (Å²) in [7, 11) is -2.03. The zero-order valence-corrected chi connectivity index (χ0v) is 14.4. The molecule has 1 aromatic carbocycles. The number of rotatable bonds is 4. The Morgan fingerprint density at radius 2 is 1.95 bits per heavy atom. The van der Waals surface area contributed by atoms with Crippen molar-refractivity contribution in [2.24, 2.45) is 0 Å². The van der Waals surface area contributed by atoms with Gasteiger partial charge in [-0.1, -0.05) is 11.6 Å². The van der Waals surface area contributed by atoms with E-state index in [1.165, 1.54) is 10.4 Å². The van der Waals surface area contributed by atoms with Gasteiger partial charge in [0.25, 0.3) is 0 Å². The van der Waals surface area contributed by atoms with E-state index in [1.807, 2.05) is 18.4 Å². The number of aryl methyl sites for hydroxylation is 2. The zero-order chi connectivity index (χ0) is 15.8. The van der Waals surface area contributed by atoms with Crippen molar-refractivity contribution in [2.75, 3.05) is 12.8 Å². The molecule has 21 heavy (non-hydrogen) atoms. The van der Waals surface area contributed by atoms with Crippen LogP contribution >= 0.6 is 22.9 Å². The first kappa shape index (κ1) is 16.3. The molecule has 0 radical (unpaired) electrons. The van der Waals surface area contributed by atoms with Crippen LogP contribution in [-0.4, -0.2) is 19.8 Å². The normalized spacial score (nSPS) is 12.0. The van der Waals surface area contributed by atoms with Gasteiger partial charge in [-0.3, -0.25) is 0 Å². The standard InChI is InChI=1S/C14H17ClN2O2S2/c1-9-4-5-20-13(9)8-17(3)21(18,19)14-7-12(16)11(15)6-10(14)2/h4-7H,8,16H2,1-3H3. The molecule has 0 unspecified atom stereocenters. The van der Waals surface area contributed by atoms with Gasteiger partial charge in [0, 0.05) is 18.5 Å². The summed E-state index contributed by atoms with van der Waals surface area (Å²) < 4.78 is 26.7. The molecular weight excluding hydrogens is 328 g/mol. The predicted molar refractivity (Wildman–Crippen MR) is 88.3 cm³/mol. The number of benzene rings is 1. The van der Waals surface area contributed by atoms with Gasteiger partial charge in [0.1, 0.15) is 0 Å². The van der Waals surface area contributed by atoms with Crippen molar-refractivity contribution in [3.63, 3.8) is 0 Å². The number of nitrogens with two attached hydrogens (primary N) is 1. The second kappa shape index (κ2) is 5.96. The average Bonchev–Trinajstić information content (AvgIpc) is 2.79. The maximum absolute atomic E-state index is 12.7. The maximum Gasteiger partial charge on any atom is 0.243 e. The van der Waals surface area contributed by atoms with Crippen LogP contribution in [0.5, 0.6) is 0 Å². The summed E-state index contributed by atoms with van der Waals surface area (Å²) in [6.45, 7) is 4.02. The lowest BCUT2D eigenvalue weighted by Gasteiger charge is -2.19. The summed E-state index contributed by atoms with van der Waals surface area (Å²) >= 11 is 7.47. The number of halogens is 1. The Morgan fingerprint density at radius 1 is 1.29 bits per heavy atom. The first-order valence-electron chi connectivity index (χ1n) is 6.28. The molecule has 0 aliphatic carbocycles. The van der Waals surface area contributed by atoms with Crippen molar-refractivity contribution in [3.05, 3.63) is 44.6 Å². The molecule has 0 aliphatic heterocycles. The maximum atomic E-state index is 12.7. The van der Waals surface area contributed by atoms with Gasteiger partial charge in [-0.25, -0.2) is 8.42 Å². The third-order valence-corrected chi connectivity index (χ3v) is 6.60. The summed E-state index contributed by atoms with van der Waals surface area (Å²) in [5.41, 5.74) is 7.68. The first-order valence-corrected chi connectivity index (χ1v) is 8.98. The van der Waals surface area contributed by atoms with Crippen LogP contribution in [-0.2, 0) is 16.6 Å². The molecule has 0 spiro atoms. The monoisotopic (exact) mass is 344 g/mol. The third kappa shape index (κ3) is 3.23. The Hall–Kier alpha value is -1.08. The average molecular weight is 345 g/mol. The molecule has 0 saturated heterocycles. The fraction of sp³-hybridized carbons (Fsp3) is 0.286. The number of anilines is 1. The molecule has 0 aliphatic rings. The molecule has 0 bridgehead atoms. The topological polar surface area (TPSA) is 63.4 Å². The van der Waals surface area contributed by atoms with Crippen molar-refractivity contribution < 1.29 is 8.42 Å². The van der Waals surface area contributed by atoms with Gasteiger partial charge in [0.15, 0.2) is 0 Å². The fourth-order valence-electron chi connectivity index (χ4n) is 1.97. The highest BCUT2D eigenvalue weighted by molar-refractivity contribution is 7.89. The summed E-state index contributed by atoms with van der Waals surface area (Å²) in [6.07, 6.45) is 0. The molecule has 4 nitrogen and oxygen atoms in total. The summed E-state index contributed by atoms with van der Waals surface area (Å²) in [6, 6.07) is 4.98. The summed E-state index contributed by atoms with van der Waals surface area (Å²) in [4.78, 5) is 1.22. The quantitative estimate of drug-likeness (QED) is 0.864. The van der Waals surface area contributed by atoms with Crippen molar-refractivity contribution in [1.29, 1.82) is 0 Å². The fourth-order valence-corrected chi connectivity index (χ4v) is 4.60. The van der Waals surface area contributed by atoms with Crippen LogP contribution in [0.4, 0.5) is 5.69 Å². The van der Waals surface area contributed by atoms with Crippen LogP contribution < -0.4 is 5.73 Å². The lowest BCUT2D eigenvalue weighted by molar-refractivity contribution is 0.468. The number of hydrogen-bond acceptors (Lipinski definition) is 4. The molecular formula is C14H17ClN2O2S2. The molecule has 1 aromatic heterocycles. The number of sulfonamides is 1. The minimum absolute atomic E-state index is 0.195. The minimum atomic E-state index is -3.60. The zero-order valence-electron chi connectivity index (χ0n) is 12.1. The van der Waals surface area contributed by atoms with Gasteiger partial charge in [-0.2, -0.15) is 4.31 Å². The van der Waals surface area contributed by atoms with Crippen LogP contribution in [0.3, 0.4) is 0 Å². The van der Waals surface area contributed by atoms with E-state index in [4.69, 9.17) is 17.3 Å².